The molecule has 2 saturated carbocycles. The monoisotopic (exact) mass is 156 g/mol. The number of aliphatic hydroxyl groups excluding tert-OH is 1. The summed E-state index contributed by atoms with van der Waals surface area (Å²) in [5.74, 6) is 0.246. The summed E-state index contributed by atoms with van der Waals surface area (Å²) in [6, 6.07) is 0. The van der Waals surface area contributed by atoms with Crippen molar-refractivity contribution in [1.29, 1.82) is 0 Å². The maximum atomic E-state index is 11.0. The molecular weight excluding hydrogens is 144 g/mol. The summed E-state index contributed by atoms with van der Waals surface area (Å²) in [7, 11) is 0. The highest BCUT2D eigenvalue weighted by atomic mass is 16.3. The number of carbonyl (C=O) groups excluding carboxylic acids is 1. The zero-order valence-corrected chi connectivity index (χ0v) is 6.29. The van der Waals surface area contributed by atoms with Gasteiger partial charge in [0.1, 0.15) is 5.78 Å². The topological polar surface area (TPSA) is 57.5 Å². The van der Waals surface area contributed by atoms with Crippen LogP contribution in [0.2, 0.25) is 0 Å². The minimum atomic E-state index is -1.07. The molecule has 0 saturated heterocycles. The van der Waals surface area contributed by atoms with Gasteiger partial charge >= 0.3 is 0 Å². The van der Waals surface area contributed by atoms with E-state index in [1.807, 2.05) is 0 Å². The van der Waals surface area contributed by atoms with Crippen LogP contribution in [0.3, 0.4) is 0 Å². The highest BCUT2D eigenvalue weighted by Crippen LogP contribution is 2.49. The quantitative estimate of drug-likeness (QED) is 0.548. The Hall–Kier alpha value is -0.410. The second kappa shape index (κ2) is 2.05. The molecule has 2 aliphatic rings. The third-order valence-corrected chi connectivity index (χ3v) is 3.08. The number of ketones is 1. The van der Waals surface area contributed by atoms with Crippen LogP contribution in [0.1, 0.15) is 19.3 Å². The molecule has 3 heteroatoms. The third kappa shape index (κ3) is 0.781. The van der Waals surface area contributed by atoms with Gasteiger partial charge in [-0.3, -0.25) is 4.79 Å². The lowest BCUT2D eigenvalue weighted by Crippen LogP contribution is -2.49. The third-order valence-electron chi connectivity index (χ3n) is 3.08. The molecule has 0 heterocycles. The summed E-state index contributed by atoms with van der Waals surface area (Å²) < 4.78 is 0. The van der Waals surface area contributed by atoms with Gasteiger partial charge in [-0.1, -0.05) is 0 Å². The molecular formula is C8H12O3. The first kappa shape index (κ1) is 7.25. The molecule has 3 nitrogen and oxygen atoms in total. The molecule has 0 spiro atoms. The molecule has 2 N–H and O–H groups in total. The van der Waals surface area contributed by atoms with E-state index in [1.165, 1.54) is 0 Å². The zero-order chi connectivity index (χ0) is 8.06. The van der Waals surface area contributed by atoms with E-state index in [0.29, 0.717) is 18.8 Å². The lowest BCUT2D eigenvalue weighted by molar-refractivity contribution is -0.147. The van der Waals surface area contributed by atoms with Gasteiger partial charge in [0.2, 0.25) is 0 Å². The molecule has 11 heavy (non-hydrogen) atoms. The molecule has 0 aromatic carbocycles. The fourth-order valence-electron chi connectivity index (χ4n) is 2.38. The van der Waals surface area contributed by atoms with Crippen molar-refractivity contribution in [3.8, 4) is 0 Å². The highest BCUT2D eigenvalue weighted by Gasteiger charge is 2.56. The van der Waals surface area contributed by atoms with Crippen LogP contribution in [0.4, 0.5) is 0 Å². The normalized spacial score (nSPS) is 48.7. The first-order valence-corrected chi connectivity index (χ1v) is 4.03. The predicted octanol–water partition coefficient (Wildman–Crippen LogP) is -0.291. The summed E-state index contributed by atoms with van der Waals surface area (Å²) in [5, 5.41) is 18.6. The Labute approximate surface area is 65.0 Å². The number of rotatable bonds is 1. The molecule has 62 valence electrons. The maximum Gasteiger partial charge on any atom is 0.139 e. The number of Topliss-reactive ketones (excluding diaryl/α,β-unsaturated/α-hetero) is 1. The molecule has 3 atom stereocenters. The summed E-state index contributed by atoms with van der Waals surface area (Å²) in [6.45, 7) is -0.264. The number of aliphatic hydroxyl groups is 2. The fourth-order valence-corrected chi connectivity index (χ4v) is 2.38. The lowest BCUT2D eigenvalue weighted by Gasteiger charge is -2.36. The van der Waals surface area contributed by atoms with E-state index < -0.39 is 5.60 Å². The van der Waals surface area contributed by atoms with E-state index in [4.69, 9.17) is 5.11 Å². The minimum absolute atomic E-state index is 0.129. The van der Waals surface area contributed by atoms with Crippen LogP contribution in [0.5, 0.6) is 0 Å². The van der Waals surface area contributed by atoms with Crippen LogP contribution >= 0.6 is 0 Å². The van der Waals surface area contributed by atoms with Crippen LogP contribution in [-0.4, -0.2) is 28.2 Å². The van der Waals surface area contributed by atoms with Crippen molar-refractivity contribution in [2.75, 3.05) is 6.61 Å². The number of fused-ring (bicyclic) bond motifs is 1. The van der Waals surface area contributed by atoms with Gasteiger partial charge in [0, 0.05) is 6.42 Å². The van der Waals surface area contributed by atoms with Gasteiger partial charge in [0.05, 0.1) is 18.1 Å². The van der Waals surface area contributed by atoms with Crippen molar-refractivity contribution in [2.45, 2.75) is 24.9 Å². The van der Waals surface area contributed by atoms with Gasteiger partial charge in [0.15, 0.2) is 0 Å². The second-order valence-electron chi connectivity index (χ2n) is 3.71. The molecule has 0 bridgehead atoms. The Morgan fingerprint density at radius 3 is 2.82 bits per heavy atom. The number of hydrogen-bond acceptors (Lipinski definition) is 3. The van der Waals surface area contributed by atoms with E-state index in [0.717, 1.165) is 6.42 Å². The summed E-state index contributed by atoms with van der Waals surface area (Å²) >= 11 is 0. The number of carbonyl (C=O) groups is 1. The van der Waals surface area contributed by atoms with Crippen LogP contribution in [0.15, 0.2) is 0 Å². The molecule has 0 aromatic heterocycles. The van der Waals surface area contributed by atoms with Gasteiger partial charge < -0.3 is 10.2 Å². The first-order valence-electron chi connectivity index (χ1n) is 4.03. The van der Waals surface area contributed by atoms with E-state index in [2.05, 4.69) is 0 Å². The smallest absolute Gasteiger partial charge is 0.139 e. The average Bonchev–Trinajstić information content (AvgIpc) is 2.22. The molecule has 0 radical (unpaired) electrons. The Balaban J connectivity index is 2.19. The van der Waals surface area contributed by atoms with Crippen LogP contribution in [0, 0.1) is 11.8 Å². The molecule has 0 amide bonds. The van der Waals surface area contributed by atoms with Crippen LogP contribution < -0.4 is 0 Å². The fraction of sp³-hybridized carbons (Fsp3) is 0.875. The van der Waals surface area contributed by atoms with Gasteiger partial charge in [0.25, 0.3) is 0 Å². The summed E-state index contributed by atoms with van der Waals surface area (Å²) in [6.07, 6.45) is 2.10. The lowest BCUT2D eigenvalue weighted by atomic mass is 9.70. The Kier molecular flexibility index (Phi) is 1.35. The van der Waals surface area contributed by atoms with E-state index in [-0.39, 0.29) is 18.3 Å². The van der Waals surface area contributed by atoms with E-state index in [1.54, 1.807) is 0 Å². The Morgan fingerprint density at radius 1 is 1.64 bits per heavy atom. The molecule has 2 aliphatic carbocycles. The minimum Gasteiger partial charge on any atom is -0.393 e. The van der Waals surface area contributed by atoms with Crippen molar-refractivity contribution in [1.82, 2.24) is 0 Å². The maximum absolute atomic E-state index is 11.0. The summed E-state index contributed by atoms with van der Waals surface area (Å²) in [4.78, 5) is 11.0. The highest BCUT2D eigenvalue weighted by molar-refractivity contribution is 5.89. The van der Waals surface area contributed by atoms with Crippen LogP contribution in [-0.2, 0) is 4.79 Å². The van der Waals surface area contributed by atoms with E-state index >= 15 is 0 Å². The Bertz CT molecular complexity index is 202. The second-order valence-corrected chi connectivity index (χ2v) is 3.71. The number of hydrogen-bond donors (Lipinski definition) is 2. The van der Waals surface area contributed by atoms with Crippen LogP contribution in [0.25, 0.3) is 0 Å². The standard InChI is InChI=1S/C8H12O3/c9-4-8(11)2-1-5-3-6(10)7(5)8/h5,7,9,11H,1-4H2/t5-,7-,8+/m0/s1. The first-order chi connectivity index (χ1) is 5.17. The Morgan fingerprint density at radius 2 is 2.36 bits per heavy atom. The average molecular weight is 156 g/mol. The molecule has 0 aliphatic heterocycles. The molecule has 2 rings (SSSR count). The SMILES string of the molecule is O=C1C[C@@H]2CC[C@@](O)(CO)[C@H]12. The van der Waals surface area contributed by atoms with Gasteiger partial charge in [-0.15, -0.1) is 0 Å². The van der Waals surface area contributed by atoms with Crippen molar-refractivity contribution in [3.05, 3.63) is 0 Å². The van der Waals surface area contributed by atoms with Gasteiger partial charge in [-0.25, -0.2) is 0 Å². The molecule has 0 unspecified atom stereocenters. The predicted molar refractivity (Wildman–Crippen MR) is 37.9 cm³/mol. The van der Waals surface area contributed by atoms with Crippen molar-refractivity contribution >= 4 is 5.78 Å². The van der Waals surface area contributed by atoms with Crippen molar-refractivity contribution in [3.63, 3.8) is 0 Å². The molecule has 0 aromatic rings. The van der Waals surface area contributed by atoms with E-state index in [9.17, 15) is 9.90 Å². The van der Waals surface area contributed by atoms with Gasteiger partial charge in [-0.2, -0.15) is 0 Å². The summed E-state index contributed by atoms with van der Waals surface area (Å²) in [5.41, 5.74) is -1.07. The zero-order valence-electron chi connectivity index (χ0n) is 6.29. The van der Waals surface area contributed by atoms with Crippen molar-refractivity contribution in [2.24, 2.45) is 11.8 Å². The largest absolute Gasteiger partial charge is 0.393 e. The van der Waals surface area contributed by atoms with Gasteiger partial charge in [-0.05, 0) is 18.8 Å². The van der Waals surface area contributed by atoms with Crippen molar-refractivity contribution < 1.29 is 15.0 Å². The molecule has 2 fully saturated rings.